The number of rotatable bonds is 6. The van der Waals surface area contributed by atoms with E-state index in [0.29, 0.717) is 18.9 Å². The van der Waals surface area contributed by atoms with Gasteiger partial charge in [0, 0.05) is 24.6 Å². The molecule has 1 aromatic rings. The Balaban J connectivity index is 1.64. The minimum atomic E-state index is -0.729. The van der Waals surface area contributed by atoms with Crippen molar-refractivity contribution in [3.63, 3.8) is 0 Å². The van der Waals surface area contributed by atoms with E-state index in [1.54, 1.807) is 0 Å². The summed E-state index contributed by atoms with van der Waals surface area (Å²) in [6.07, 6.45) is 2.70. The van der Waals surface area contributed by atoms with Gasteiger partial charge in [0.15, 0.2) is 11.6 Å². The minimum absolute atomic E-state index is 0.00832. The SMILES string of the molecule is CC1CC(NC(=O)CCCOc2ccc(F)cc2F)CCN1. The monoisotopic (exact) mass is 312 g/mol. The first-order valence-corrected chi connectivity index (χ1v) is 7.65. The van der Waals surface area contributed by atoms with Gasteiger partial charge in [-0.25, -0.2) is 8.78 Å². The number of nitrogens with one attached hydrogen (secondary N) is 2. The largest absolute Gasteiger partial charge is 0.491 e. The van der Waals surface area contributed by atoms with Gasteiger partial charge in [-0.2, -0.15) is 0 Å². The molecule has 0 aromatic heterocycles. The molecular weight excluding hydrogens is 290 g/mol. The molecule has 1 fully saturated rings. The highest BCUT2D eigenvalue weighted by molar-refractivity contribution is 5.76. The molecule has 1 heterocycles. The number of halogens is 2. The van der Waals surface area contributed by atoms with Crippen LogP contribution in [0.5, 0.6) is 5.75 Å². The molecular formula is C16H22F2N2O2. The summed E-state index contributed by atoms with van der Waals surface area (Å²) >= 11 is 0. The normalized spacial score (nSPS) is 21.4. The van der Waals surface area contributed by atoms with Gasteiger partial charge in [0.05, 0.1) is 6.61 Å². The second kappa shape index (κ2) is 8.08. The Morgan fingerprint density at radius 3 is 3.00 bits per heavy atom. The molecule has 1 amide bonds. The zero-order valence-corrected chi connectivity index (χ0v) is 12.7. The van der Waals surface area contributed by atoms with E-state index in [4.69, 9.17) is 4.74 Å². The average Bonchev–Trinajstić information content (AvgIpc) is 2.45. The van der Waals surface area contributed by atoms with Crippen LogP contribution in [0.3, 0.4) is 0 Å². The molecule has 6 heteroatoms. The highest BCUT2D eigenvalue weighted by Crippen LogP contribution is 2.17. The number of hydrogen-bond acceptors (Lipinski definition) is 3. The lowest BCUT2D eigenvalue weighted by Gasteiger charge is -2.28. The van der Waals surface area contributed by atoms with E-state index < -0.39 is 11.6 Å². The van der Waals surface area contributed by atoms with Crippen molar-refractivity contribution in [2.24, 2.45) is 0 Å². The van der Waals surface area contributed by atoms with E-state index in [1.165, 1.54) is 6.07 Å². The summed E-state index contributed by atoms with van der Waals surface area (Å²) in [4.78, 5) is 11.8. The van der Waals surface area contributed by atoms with Crippen LogP contribution in [0, 0.1) is 11.6 Å². The first-order valence-electron chi connectivity index (χ1n) is 7.65. The molecule has 0 bridgehead atoms. The Bertz CT molecular complexity index is 511. The molecule has 2 atom stereocenters. The molecule has 1 saturated heterocycles. The van der Waals surface area contributed by atoms with E-state index in [1.807, 2.05) is 0 Å². The fraction of sp³-hybridized carbons (Fsp3) is 0.562. The first kappa shape index (κ1) is 16.7. The van der Waals surface area contributed by atoms with Crippen molar-refractivity contribution in [1.29, 1.82) is 0 Å². The Kier molecular flexibility index (Phi) is 6.12. The molecule has 1 aliphatic rings. The quantitative estimate of drug-likeness (QED) is 0.793. The maximum Gasteiger partial charge on any atom is 0.220 e. The van der Waals surface area contributed by atoms with Crippen molar-refractivity contribution >= 4 is 5.91 Å². The van der Waals surface area contributed by atoms with E-state index in [-0.39, 0.29) is 24.3 Å². The fourth-order valence-electron chi connectivity index (χ4n) is 2.57. The van der Waals surface area contributed by atoms with Gasteiger partial charge in [0.2, 0.25) is 5.91 Å². The summed E-state index contributed by atoms with van der Waals surface area (Å²) in [6, 6.07) is 3.81. The third-order valence-corrected chi connectivity index (χ3v) is 3.69. The van der Waals surface area contributed by atoms with Gasteiger partial charge in [0.25, 0.3) is 0 Å². The number of amides is 1. The summed E-state index contributed by atoms with van der Waals surface area (Å²) in [7, 11) is 0. The maximum absolute atomic E-state index is 13.3. The number of benzene rings is 1. The van der Waals surface area contributed by atoms with Crippen molar-refractivity contribution in [2.75, 3.05) is 13.2 Å². The van der Waals surface area contributed by atoms with Crippen LogP contribution in [0.15, 0.2) is 18.2 Å². The maximum atomic E-state index is 13.3. The fourth-order valence-corrected chi connectivity index (χ4v) is 2.57. The Morgan fingerprint density at radius 2 is 2.27 bits per heavy atom. The number of piperidine rings is 1. The van der Waals surface area contributed by atoms with Crippen molar-refractivity contribution in [2.45, 2.75) is 44.7 Å². The second-order valence-corrected chi connectivity index (χ2v) is 5.67. The minimum Gasteiger partial charge on any atom is -0.491 e. The van der Waals surface area contributed by atoms with Gasteiger partial charge >= 0.3 is 0 Å². The van der Waals surface area contributed by atoms with E-state index in [2.05, 4.69) is 17.6 Å². The van der Waals surface area contributed by atoms with Gasteiger partial charge < -0.3 is 15.4 Å². The highest BCUT2D eigenvalue weighted by atomic mass is 19.1. The standard InChI is InChI=1S/C16H22F2N2O2/c1-11-9-13(6-7-19-11)20-16(21)3-2-8-22-15-5-4-12(17)10-14(15)18/h4-5,10-11,13,19H,2-3,6-9H2,1H3,(H,20,21). The van der Waals surface area contributed by atoms with Crippen LogP contribution in [-0.2, 0) is 4.79 Å². The van der Waals surface area contributed by atoms with Crippen LogP contribution in [0.25, 0.3) is 0 Å². The Morgan fingerprint density at radius 1 is 1.45 bits per heavy atom. The highest BCUT2D eigenvalue weighted by Gasteiger charge is 2.19. The number of hydrogen-bond donors (Lipinski definition) is 2. The van der Waals surface area contributed by atoms with Crippen molar-refractivity contribution in [3.8, 4) is 5.75 Å². The van der Waals surface area contributed by atoms with Crippen LogP contribution in [0.1, 0.15) is 32.6 Å². The summed E-state index contributed by atoms with van der Waals surface area (Å²) < 4.78 is 31.3. The van der Waals surface area contributed by atoms with Crippen molar-refractivity contribution in [3.05, 3.63) is 29.8 Å². The molecule has 0 radical (unpaired) electrons. The van der Waals surface area contributed by atoms with Gasteiger partial charge in [-0.15, -0.1) is 0 Å². The van der Waals surface area contributed by atoms with Crippen molar-refractivity contribution < 1.29 is 18.3 Å². The molecule has 2 rings (SSSR count). The summed E-state index contributed by atoms with van der Waals surface area (Å²) in [6.45, 7) is 3.24. The molecule has 0 saturated carbocycles. The molecule has 0 spiro atoms. The summed E-state index contributed by atoms with van der Waals surface area (Å²) in [5, 5.41) is 6.34. The molecule has 2 N–H and O–H groups in total. The molecule has 4 nitrogen and oxygen atoms in total. The molecule has 1 aromatic carbocycles. The third kappa shape index (κ3) is 5.26. The molecule has 2 unspecified atom stereocenters. The van der Waals surface area contributed by atoms with Crippen LogP contribution < -0.4 is 15.4 Å². The lowest BCUT2D eigenvalue weighted by Crippen LogP contribution is -2.46. The summed E-state index contributed by atoms with van der Waals surface area (Å²) in [5.74, 6) is -1.37. The number of carbonyl (C=O) groups is 1. The van der Waals surface area contributed by atoms with Crippen molar-refractivity contribution in [1.82, 2.24) is 10.6 Å². The van der Waals surface area contributed by atoms with Crippen LogP contribution in [0.4, 0.5) is 8.78 Å². The smallest absolute Gasteiger partial charge is 0.220 e. The number of ether oxygens (including phenoxy) is 1. The first-order chi connectivity index (χ1) is 10.5. The molecule has 0 aliphatic carbocycles. The van der Waals surface area contributed by atoms with Gasteiger partial charge in [-0.1, -0.05) is 0 Å². The number of carbonyl (C=O) groups excluding carboxylic acids is 1. The Labute approximate surface area is 129 Å². The Hall–Kier alpha value is -1.69. The van der Waals surface area contributed by atoms with Gasteiger partial charge in [-0.3, -0.25) is 4.79 Å². The molecule has 122 valence electrons. The summed E-state index contributed by atoms with van der Waals surface area (Å²) in [5.41, 5.74) is 0. The average molecular weight is 312 g/mol. The van der Waals surface area contributed by atoms with Gasteiger partial charge in [0.1, 0.15) is 5.82 Å². The second-order valence-electron chi connectivity index (χ2n) is 5.67. The topological polar surface area (TPSA) is 50.4 Å². The van der Waals surface area contributed by atoms with Crippen LogP contribution >= 0.6 is 0 Å². The molecule has 22 heavy (non-hydrogen) atoms. The van der Waals surface area contributed by atoms with Gasteiger partial charge in [-0.05, 0) is 44.9 Å². The van der Waals surface area contributed by atoms with Crippen LogP contribution in [0.2, 0.25) is 0 Å². The van der Waals surface area contributed by atoms with E-state index >= 15 is 0 Å². The lowest BCUT2D eigenvalue weighted by atomic mass is 10.0. The van der Waals surface area contributed by atoms with Crippen LogP contribution in [-0.4, -0.2) is 31.1 Å². The van der Waals surface area contributed by atoms with E-state index in [0.717, 1.165) is 31.5 Å². The predicted octanol–water partition coefficient (Wildman–Crippen LogP) is 2.38. The van der Waals surface area contributed by atoms with E-state index in [9.17, 15) is 13.6 Å². The lowest BCUT2D eigenvalue weighted by molar-refractivity contribution is -0.122. The zero-order chi connectivity index (χ0) is 15.9. The molecule has 1 aliphatic heterocycles. The predicted molar refractivity (Wildman–Crippen MR) is 79.7 cm³/mol. The zero-order valence-electron chi connectivity index (χ0n) is 12.7. The third-order valence-electron chi connectivity index (χ3n) is 3.69.